The first-order valence-corrected chi connectivity index (χ1v) is 4.29. The van der Waals surface area contributed by atoms with Gasteiger partial charge in [-0.05, 0) is 0 Å². The lowest BCUT2D eigenvalue weighted by atomic mass is 10.1. The average Bonchev–Trinajstić information content (AvgIpc) is 2.70. The molecule has 0 amide bonds. The van der Waals surface area contributed by atoms with E-state index in [2.05, 4.69) is 9.57 Å². The zero-order valence-corrected chi connectivity index (χ0v) is 7.53. The topological polar surface area (TPSA) is 97.1 Å². The summed E-state index contributed by atoms with van der Waals surface area (Å²) < 4.78 is 21.7. The molecule has 2 fully saturated rings. The summed E-state index contributed by atoms with van der Waals surface area (Å²) in [6, 6.07) is 0. The van der Waals surface area contributed by atoms with Gasteiger partial charge in [-0.25, -0.2) is 0 Å². The molecule has 8 heteroatoms. The molecule has 2 aliphatic heterocycles. The Morgan fingerprint density at radius 3 is 2.60 bits per heavy atom. The molecule has 0 radical (unpaired) electrons. The lowest BCUT2D eigenvalue weighted by molar-refractivity contribution is -0.769. The molecular weight excluding hydrogens is 210 g/mol. The van der Waals surface area contributed by atoms with Crippen LogP contribution in [0.2, 0.25) is 0 Å². The summed E-state index contributed by atoms with van der Waals surface area (Å²) in [6.07, 6.45) is -3.92. The maximum Gasteiger partial charge on any atom is 0.294 e. The van der Waals surface area contributed by atoms with Gasteiger partial charge in [0.15, 0.2) is 13.6 Å². The molecule has 4 atom stereocenters. The van der Waals surface area contributed by atoms with Gasteiger partial charge in [0, 0.05) is 0 Å². The van der Waals surface area contributed by atoms with E-state index in [-0.39, 0.29) is 13.2 Å². The molecule has 84 valence electrons. The minimum absolute atomic E-state index is 0.00235. The molecule has 0 aliphatic carbocycles. The molecule has 0 aromatic heterocycles. The lowest BCUT2D eigenvalue weighted by Gasteiger charge is -2.13. The molecule has 2 saturated heterocycles. The Bertz CT molecular complexity index is 281. The smallest absolute Gasteiger partial charge is 0.294 e. The highest BCUT2D eigenvalue weighted by atomic mass is 17.0. The van der Waals surface area contributed by atoms with Crippen molar-refractivity contribution in [2.24, 2.45) is 0 Å². The van der Waals surface area contributed by atoms with Crippen molar-refractivity contribution in [2.75, 3.05) is 13.2 Å². The number of fused-ring (bicyclic) bond motifs is 1. The Balaban J connectivity index is 1.95. The van der Waals surface area contributed by atoms with E-state index in [0.717, 1.165) is 0 Å². The van der Waals surface area contributed by atoms with E-state index in [4.69, 9.17) is 10.8 Å². The van der Waals surface area contributed by atoms with Crippen LogP contribution in [0, 0.1) is 10.1 Å². The number of ether oxygens (including phenoxy) is 3. The molecule has 0 spiro atoms. The first-order chi connectivity index (χ1) is 7.58. The van der Waals surface area contributed by atoms with Gasteiger partial charge in [0.1, 0.15) is 12.2 Å². The summed E-state index contributed by atoms with van der Waals surface area (Å²) in [5.74, 6) is 0. The van der Waals surface area contributed by atoms with Crippen LogP contribution in [0.5, 0.6) is 0 Å². The van der Waals surface area contributed by atoms with Crippen molar-refractivity contribution in [3.05, 3.63) is 10.1 Å². The number of rotatable bonds is 3. The zero-order chi connectivity index (χ0) is 11.7. The summed E-state index contributed by atoms with van der Waals surface area (Å²) in [5, 5.41) is 9.25. The van der Waals surface area contributed by atoms with Crippen molar-refractivity contribution < 1.29 is 30.3 Å². The molecule has 0 N–H and O–H groups in total. The third-order valence-electron chi connectivity index (χ3n) is 2.38. The van der Waals surface area contributed by atoms with Crippen LogP contribution >= 0.6 is 0 Å². The summed E-state index contributed by atoms with van der Waals surface area (Å²) in [4.78, 5) is 25.0. The van der Waals surface area contributed by atoms with Gasteiger partial charge in [0.25, 0.3) is 11.5 Å². The Kier molecular flexibility index (Phi) is 2.36. The molecule has 0 aromatic carbocycles. The van der Waals surface area contributed by atoms with E-state index in [1.807, 2.05) is 0 Å². The Morgan fingerprint density at radius 2 is 2.00 bits per heavy atom. The highest BCUT2D eigenvalue weighted by Gasteiger charge is 2.50. The van der Waals surface area contributed by atoms with Crippen molar-refractivity contribution in [2.45, 2.75) is 24.4 Å². The normalized spacial score (nSPS) is 39.3. The predicted octanol–water partition coefficient (Wildman–Crippen LogP) is -1.10. The molecule has 2 heterocycles. The van der Waals surface area contributed by atoms with Crippen LogP contribution in [0.1, 0.15) is 1.37 Å². The molecule has 0 aromatic rings. The zero-order valence-electron chi connectivity index (χ0n) is 8.53. The highest BCUT2D eigenvalue weighted by molar-refractivity contribution is 5.37. The van der Waals surface area contributed by atoms with Crippen LogP contribution in [0.3, 0.4) is 0 Å². The second-order valence-electron chi connectivity index (χ2n) is 3.20. The SMILES string of the molecule is [2H]C(=O)O[C@H]1COC2C1OC[C@H]2O[N+](=O)[O-]. The second kappa shape index (κ2) is 3.99. The van der Waals surface area contributed by atoms with Crippen LogP contribution in [0.15, 0.2) is 0 Å². The molecule has 2 rings (SSSR count). The monoisotopic (exact) mass is 220 g/mol. The summed E-state index contributed by atoms with van der Waals surface area (Å²) in [6.45, 7) is 0.0554. The van der Waals surface area contributed by atoms with E-state index >= 15 is 0 Å². The van der Waals surface area contributed by atoms with Crippen molar-refractivity contribution >= 4 is 6.45 Å². The quantitative estimate of drug-likeness (QED) is 0.338. The van der Waals surface area contributed by atoms with Gasteiger partial charge in [-0.1, -0.05) is 0 Å². The van der Waals surface area contributed by atoms with Gasteiger partial charge in [0.2, 0.25) is 0 Å². The second-order valence-corrected chi connectivity index (χ2v) is 3.20. The standard InChI is InChI=1S/C7H9NO7/c9-3-14-4-1-12-7-5(15-8(10)11)2-13-6(4)7/h3-7H,1-2H2/t4-,5+,6?,7?/m0/s1/i3D. The van der Waals surface area contributed by atoms with E-state index < -0.39 is 36.0 Å². The fraction of sp³-hybridized carbons (Fsp3) is 0.857. The van der Waals surface area contributed by atoms with E-state index in [1.54, 1.807) is 0 Å². The highest BCUT2D eigenvalue weighted by Crippen LogP contribution is 2.30. The fourth-order valence-electron chi connectivity index (χ4n) is 1.79. The predicted molar refractivity (Wildman–Crippen MR) is 42.3 cm³/mol. The summed E-state index contributed by atoms with van der Waals surface area (Å²) in [5.41, 5.74) is 0. The number of nitrogens with zero attached hydrogens (tertiary/aromatic N) is 1. The average molecular weight is 220 g/mol. The van der Waals surface area contributed by atoms with Crippen molar-refractivity contribution in [3.8, 4) is 0 Å². The van der Waals surface area contributed by atoms with Crippen molar-refractivity contribution in [3.63, 3.8) is 0 Å². The van der Waals surface area contributed by atoms with Crippen LogP contribution in [0.25, 0.3) is 0 Å². The van der Waals surface area contributed by atoms with Gasteiger partial charge in [-0.2, -0.15) is 0 Å². The number of carbonyl (C=O) groups excluding carboxylic acids is 1. The van der Waals surface area contributed by atoms with Gasteiger partial charge in [-0.3, -0.25) is 4.79 Å². The van der Waals surface area contributed by atoms with Crippen LogP contribution in [-0.4, -0.2) is 49.2 Å². The summed E-state index contributed by atoms with van der Waals surface area (Å²) in [7, 11) is 0. The van der Waals surface area contributed by atoms with Gasteiger partial charge < -0.3 is 19.0 Å². The fourth-order valence-corrected chi connectivity index (χ4v) is 1.79. The molecule has 0 bridgehead atoms. The molecule has 8 nitrogen and oxygen atoms in total. The first kappa shape index (κ1) is 8.86. The largest absolute Gasteiger partial charge is 0.459 e. The van der Waals surface area contributed by atoms with E-state index in [0.29, 0.717) is 0 Å². The molecule has 2 aliphatic rings. The Morgan fingerprint density at radius 1 is 1.40 bits per heavy atom. The maximum atomic E-state index is 10.4. The maximum absolute atomic E-state index is 10.4. The molecular formula is C7H9NO7. The van der Waals surface area contributed by atoms with Gasteiger partial charge >= 0.3 is 0 Å². The summed E-state index contributed by atoms with van der Waals surface area (Å²) >= 11 is 0. The van der Waals surface area contributed by atoms with Gasteiger partial charge in [-0.15, -0.1) is 10.1 Å². The van der Waals surface area contributed by atoms with Crippen LogP contribution in [-0.2, 0) is 23.8 Å². The third-order valence-corrected chi connectivity index (χ3v) is 2.38. The lowest BCUT2D eigenvalue weighted by Crippen LogP contribution is -2.34. The molecule has 2 unspecified atom stereocenters. The first-order valence-electron chi connectivity index (χ1n) is 4.79. The molecule has 0 saturated carbocycles. The Hall–Kier alpha value is -1.41. The van der Waals surface area contributed by atoms with E-state index in [1.165, 1.54) is 0 Å². The Labute approximate surface area is 85.5 Å². The van der Waals surface area contributed by atoms with Gasteiger partial charge in [0.05, 0.1) is 13.2 Å². The minimum Gasteiger partial charge on any atom is -0.459 e. The van der Waals surface area contributed by atoms with Crippen molar-refractivity contribution in [1.29, 1.82) is 0 Å². The number of carbonyl (C=O) groups is 1. The number of hydrogen-bond donors (Lipinski definition) is 0. The van der Waals surface area contributed by atoms with Crippen LogP contribution in [0.4, 0.5) is 0 Å². The molecule has 15 heavy (non-hydrogen) atoms. The van der Waals surface area contributed by atoms with Crippen molar-refractivity contribution in [1.82, 2.24) is 0 Å². The number of hydrogen-bond acceptors (Lipinski definition) is 7. The minimum atomic E-state index is -1.18. The third kappa shape index (κ3) is 1.85. The van der Waals surface area contributed by atoms with E-state index in [9.17, 15) is 14.9 Å². The van der Waals surface area contributed by atoms with Crippen LogP contribution < -0.4 is 0 Å².